The van der Waals surface area contributed by atoms with Crippen molar-refractivity contribution in [1.82, 2.24) is 0 Å². The summed E-state index contributed by atoms with van der Waals surface area (Å²) in [5.74, 6) is 0.378. The highest BCUT2D eigenvalue weighted by atomic mass is 35.5. The van der Waals surface area contributed by atoms with Gasteiger partial charge < -0.3 is 24.5 Å². The molecule has 0 unspecified atom stereocenters. The van der Waals surface area contributed by atoms with Crippen LogP contribution in [0.25, 0.3) is 0 Å². The van der Waals surface area contributed by atoms with E-state index in [4.69, 9.17) is 25.5 Å². The number of ether oxygens (including phenoxy) is 2. The molecule has 2 N–H and O–H groups in total. The van der Waals surface area contributed by atoms with Gasteiger partial charge in [0.2, 0.25) is 0 Å². The maximum atomic E-state index is 12.5. The van der Waals surface area contributed by atoms with Crippen LogP contribution in [-0.4, -0.2) is 26.0 Å². The predicted octanol–water partition coefficient (Wildman–Crippen LogP) is 4.45. The number of hydrogen-bond donors (Lipinski definition) is 2. The number of methoxy groups -OCH3 is 2. The second-order valence-corrected chi connectivity index (χ2v) is 6.06. The summed E-state index contributed by atoms with van der Waals surface area (Å²) in [5.41, 5.74) is 1.26. The normalized spacial score (nSPS) is 10.2. The molecule has 0 radical (unpaired) electrons. The molecule has 0 atom stereocenters. The quantitative estimate of drug-likeness (QED) is 0.637. The van der Waals surface area contributed by atoms with Gasteiger partial charge in [-0.25, -0.2) is 0 Å². The number of rotatable bonds is 6. The van der Waals surface area contributed by atoms with Gasteiger partial charge in [-0.2, -0.15) is 0 Å². The number of anilines is 2. The van der Waals surface area contributed by atoms with E-state index in [1.54, 1.807) is 42.5 Å². The molecule has 28 heavy (non-hydrogen) atoms. The Labute approximate surface area is 166 Å². The van der Waals surface area contributed by atoms with Crippen LogP contribution in [0.5, 0.6) is 11.5 Å². The van der Waals surface area contributed by atoms with E-state index in [9.17, 15) is 9.59 Å². The van der Waals surface area contributed by atoms with Gasteiger partial charge in [-0.1, -0.05) is 11.6 Å². The molecule has 2 aromatic carbocycles. The zero-order valence-electron chi connectivity index (χ0n) is 15.1. The molecule has 1 aromatic heterocycles. The lowest BCUT2D eigenvalue weighted by molar-refractivity contribution is 0.0994. The van der Waals surface area contributed by atoms with E-state index in [0.29, 0.717) is 28.4 Å². The lowest BCUT2D eigenvalue weighted by Crippen LogP contribution is -2.13. The van der Waals surface area contributed by atoms with Crippen LogP contribution in [-0.2, 0) is 0 Å². The van der Waals surface area contributed by atoms with E-state index >= 15 is 0 Å². The largest absolute Gasteiger partial charge is 0.493 e. The molecule has 8 heteroatoms. The lowest BCUT2D eigenvalue weighted by atomic mass is 10.1. The van der Waals surface area contributed by atoms with Crippen LogP contribution < -0.4 is 20.1 Å². The van der Waals surface area contributed by atoms with Crippen molar-refractivity contribution in [3.05, 3.63) is 71.1 Å². The highest BCUT2D eigenvalue weighted by Crippen LogP contribution is 2.29. The zero-order chi connectivity index (χ0) is 20.1. The summed E-state index contributed by atoms with van der Waals surface area (Å²) in [6, 6.07) is 12.8. The van der Waals surface area contributed by atoms with Crippen molar-refractivity contribution in [2.75, 3.05) is 24.9 Å². The summed E-state index contributed by atoms with van der Waals surface area (Å²) >= 11 is 6.22. The van der Waals surface area contributed by atoms with E-state index < -0.39 is 5.91 Å². The first-order valence-corrected chi connectivity index (χ1v) is 8.57. The average molecular weight is 401 g/mol. The highest BCUT2D eigenvalue weighted by Gasteiger charge is 2.14. The number of nitrogens with one attached hydrogen (secondary N) is 2. The summed E-state index contributed by atoms with van der Waals surface area (Å²) < 4.78 is 15.4. The van der Waals surface area contributed by atoms with E-state index in [1.807, 2.05) is 0 Å². The van der Waals surface area contributed by atoms with E-state index in [2.05, 4.69) is 10.6 Å². The Hall–Kier alpha value is -3.45. The number of hydrogen-bond acceptors (Lipinski definition) is 5. The minimum atomic E-state index is -0.422. The van der Waals surface area contributed by atoms with Gasteiger partial charge in [0.25, 0.3) is 11.8 Å². The molecule has 7 nitrogen and oxygen atoms in total. The van der Waals surface area contributed by atoms with Crippen molar-refractivity contribution in [3.8, 4) is 11.5 Å². The van der Waals surface area contributed by atoms with Gasteiger partial charge >= 0.3 is 0 Å². The SMILES string of the molecule is COc1ccc(C(=O)Nc2ccc(NC(=O)c3ccco3)c(Cl)c2)cc1OC. The van der Waals surface area contributed by atoms with Crippen LogP contribution in [0.1, 0.15) is 20.9 Å². The maximum Gasteiger partial charge on any atom is 0.291 e. The minimum absolute atomic E-state index is 0.168. The summed E-state index contributed by atoms with van der Waals surface area (Å²) in [5, 5.41) is 5.66. The monoisotopic (exact) mass is 400 g/mol. The molecule has 0 fully saturated rings. The smallest absolute Gasteiger partial charge is 0.291 e. The van der Waals surface area contributed by atoms with E-state index in [1.165, 1.54) is 26.5 Å². The lowest BCUT2D eigenvalue weighted by Gasteiger charge is -2.11. The molecule has 0 aliphatic carbocycles. The first-order chi connectivity index (χ1) is 13.5. The molecule has 1 heterocycles. The van der Waals surface area contributed by atoms with Gasteiger partial charge in [-0.15, -0.1) is 0 Å². The number of amides is 2. The Morgan fingerprint density at radius 1 is 0.929 bits per heavy atom. The summed E-state index contributed by atoms with van der Waals surface area (Å²) in [7, 11) is 3.01. The third-order valence-electron chi connectivity index (χ3n) is 3.87. The Balaban J connectivity index is 1.72. The Morgan fingerprint density at radius 2 is 1.71 bits per heavy atom. The van der Waals surface area contributed by atoms with Gasteiger partial charge in [-0.05, 0) is 48.5 Å². The Bertz CT molecular complexity index is 1000. The first kappa shape index (κ1) is 19.3. The molecular weight excluding hydrogens is 384 g/mol. The van der Waals surface area contributed by atoms with Crippen molar-refractivity contribution in [2.24, 2.45) is 0 Å². The van der Waals surface area contributed by atoms with Crippen LogP contribution in [0, 0.1) is 0 Å². The second-order valence-electron chi connectivity index (χ2n) is 5.65. The van der Waals surface area contributed by atoms with Crippen molar-refractivity contribution in [2.45, 2.75) is 0 Å². The van der Waals surface area contributed by atoms with Crippen LogP contribution in [0.3, 0.4) is 0 Å². The fraction of sp³-hybridized carbons (Fsp3) is 0.100. The summed E-state index contributed by atoms with van der Waals surface area (Å²) in [4.78, 5) is 24.5. The van der Waals surface area contributed by atoms with Crippen molar-refractivity contribution in [1.29, 1.82) is 0 Å². The molecule has 0 aliphatic rings. The fourth-order valence-electron chi connectivity index (χ4n) is 2.47. The molecule has 0 bridgehead atoms. The Kier molecular flexibility index (Phi) is 5.86. The zero-order valence-corrected chi connectivity index (χ0v) is 15.9. The number of benzene rings is 2. The number of carbonyl (C=O) groups excluding carboxylic acids is 2. The van der Waals surface area contributed by atoms with Crippen LogP contribution in [0.4, 0.5) is 11.4 Å². The van der Waals surface area contributed by atoms with Gasteiger partial charge in [0.05, 0.1) is 31.2 Å². The van der Waals surface area contributed by atoms with Gasteiger partial charge in [0.15, 0.2) is 17.3 Å². The molecule has 144 valence electrons. The van der Waals surface area contributed by atoms with E-state index in [-0.39, 0.29) is 16.7 Å². The van der Waals surface area contributed by atoms with Crippen molar-refractivity contribution in [3.63, 3.8) is 0 Å². The molecule has 3 rings (SSSR count). The molecule has 0 aliphatic heterocycles. The molecular formula is C20H17ClN2O5. The van der Waals surface area contributed by atoms with Crippen LogP contribution >= 0.6 is 11.6 Å². The Morgan fingerprint density at radius 3 is 2.36 bits per heavy atom. The maximum absolute atomic E-state index is 12.5. The van der Waals surface area contributed by atoms with Crippen molar-refractivity contribution >= 4 is 34.8 Å². The topological polar surface area (TPSA) is 89.8 Å². The minimum Gasteiger partial charge on any atom is -0.493 e. The highest BCUT2D eigenvalue weighted by molar-refractivity contribution is 6.34. The molecule has 0 saturated heterocycles. The van der Waals surface area contributed by atoms with Gasteiger partial charge in [-0.3, -0.25) is 9.59 Å². The molecule has 3 aromatic rings. The van der Waals surface area contributed by atoms with Crippen molar-refractivity contribution < 1.29 is 23.5 Å². The third kappa shape index (κ3) is 4.27. The number of furan rings is 1. The van der Waals surface area contributed by atoms with E-state index in [0.717, 1.165) is 0 Å². The molecule has 2 amide bonds. The third-order valence-corrected chi connectivity index (χ3v) is 4.18. The molecule has 0 saturated carbocycles. The van der Waals surface area contributed by atoms with Gasteiger partial charge in [0, 0.05) is 11.3 Å². The first-order valence-electron chi connectivity index (χ1n) is 8.19. The molecule has 0 spiro atoms. The number of carbonyl (C=O) groups is 2. The summed E-state index contributed by atoms with van der Waals surface area (Å²) in [6.45, 7) is 0. The second kappa shape index (κ2) is 8.49. The standard InChI is InChI=1S/C20H17ClN2O5/c1-26-16-8-5-12(10-18(16)27-2)19(24)22-13-6-7-15(14(21)11-13)23-20(25)17-4-3-9-28-17/h3-11H,1-2H3,(H,22,24)(H,23,25). The predicted molar refractivity (Wildman–Crippen MR) is 106 cm³/mol. The van der Waals surface area contributed by atoms with Crippen LogP contribution in [0.2, 0.25) is 5.02 Å². The number of halogens is 1. The summed E-state index contributed by atoms with van der Waals surface area (Å²) in [6.07, 6.45) is 1.41. The fourth-order valence-corrected chi connectivity index (χ4v) is 2.69. The average Bonchev–Trinajstić information content (AvgIpc) is 3.24. The van der Waals surface area contributed by atoms with Gasteiger partial charge in [0.1, 0.15) is 0 Å². The van der Waals surface area contributed by atoms with Crippen LogP contribution in [0.15, 0.2) is 59.2 Å².